The Kier molecular flexibility index (Phi) is 4.54. The van der Waals surface area contributed by atoms with Crippen molar-refractivity contribution in [2.45, 2.75) is 23.5 Å². The van der Waals surface area contributed by atoms with E-state index in [0.29, 0.717) is 16.5 Å². The van der Waals surface area contributed by atoms with Crippen molar-refractivity contribution in [1.29, 1.82) is 0 Å². The second kappa shape index (κ2) is 6.60. The summed E-state index contributed by atoms with van der Waals surface area (Å²) < 4.78 is 0. The summed E-state index contributed by atoms with van der Waals surface area (Å²) >= 11 is 7.28. The first-order valence-corrected chi connectivity index (χ1v) is 8.27. The van der Waals surface area contributed by atoms with Gasteiger partial charge in [0, 0.05) is 22.0 Å². The lowest BCUT2D eigenvalue weighted by Gasteiger charge is -2.23. The van der Waals surface area contributed by atoms with E-state index in [4.69, 9.17) is 11.6 Å². The number of carbonyl (C=O) groups is 2. The Hall–Kier alpha value is -2.05. The van der Waals surface area contributed by atoms with E-state index in [1.807, 2.05) is 25.1 Å². The number of aryl methyl sites for hydroxylation is 1. The van der Waals surface area contributed by atoms with Gasteiger partial charge in [0.15, 0.2) is 0 Å². The van der Waals surface area contributed by atoms with Gasteiger partial charge < -0.3 is 10.6 Å². The number of rotatable bonds is 3. The highest BCUT2D eigenvalue weighted by Gasteiger charge is 2.29. The number of hydrogen-bond acceptors (Lipinski definition) is 4. The van der Waals surface area contributed by atoms with Crippen molar-refractivity contribution in [3.8, 4) is 0 Å². The molecule has 1 aliphatic heterocycles. The Balaban J connectivity index is 1.67. The maximum Gasteiger partial charge on any atom is 0.238 e. The van der Waals surface area contributed by atoms with E-state index in [-0.39, 0.29) is 18.2 Å². The number of aromatic nitrogens is 1. The number of pyridine rings is 1. The summed E-state index contributed by atoms with van der Waals surface area (Å²) in [7, 11) is 0. The number of nitrogens with zero attached hydrogens (tertiary/aromatic N) is 1. The van der Waals surface area contributed by atoms with Crippen LogP contribution in [0.5, 0.6) is 0 Å². The van der Waals surface area contributed by atoms with E-state index in [1.54, 1.807) is 18.2 Å². The predicted molar refractivity (Wildman–Crippen MR) is 91.9 cm³/mol. The minimum atomic E-state index is -0.478. The summed E-state index contributed by atoms with van der Waals surface area (Å²) in [4.78, 5) is 29.4. The van der Waals surface area contributed by atoms with E-state index in [0.717, 1.165) is 10.6 Å². The van der Waals surface area contributed by atoms with Gasteiger partial charge in [0.2, 0.25) is 11.8 Å². The van der Waals surface area contributed by atoms with Crippen LogP contribution >= 0.6 is 23.4 Å². The lowest BCUT2D eigenvalue weighted by Crippen LogP contribution is -2.32. The molecule has 1 aromatic carbocycles. The smallest absolute Gasteiger partial charge is 0.238 e. The molecule has 1 atom stereocenters. The van der Waals surface area contributed by atoms with Crippen LogP contribution in [0, 0.1) is 6.92 Å². The molecule has 2 amide bonds. The van der Waals surface area contributed by atoms with Gasteiger partial charge in [0.25, 0.3) is 0 Å². The fraction of sp³-hybridized carbons (Fsp3) is 0.188. The van der Waals surface area contributed by atoms with Crippen LogP contribution in [0.2, 0.25) is 5.02 Å². The van der Waals surface area contributed by atoms with Crippen LogP contribution in [0.25, 0.3) is 0 Å². The Bertz CT molecular complexity index is 782. The lowest BCUT2D eigenvalue weighted by molar-refractivity contribution is -0.120. The standard InChI is InChI=1S/C16H14ClN3O2S/c1-9-3-2-4-14(18-9)20-15(21)8-13-16(22)19-11-7-10(17)5-6-12(11)23-13/h2-7,13H,8H2,1H3,(H,19,22)(H,18,20,21). The summed E-state index contributed by atoms with van der Waals surface area (Å²) in [5.41, 5.74) is 1.50. The zero-order valence-electron chi connectivity index (χ0n) is 12.3. The Labute approximate surface area is 142 Å². The predicted octanol–water partition coefficient (Wildman–Crippen LogP) is 3.49. The Morgan fingerprint density at radius 3 is 3.00 bits per heavy atom. The van der Waals surface area contributed by atoms with Crippen molar-refractivity contribution in [1.82, 2.24) is 4.98 Å². The van der Waals surface area contributed by atoms with Crippen LogP contribution < -0.4 is 10.6 Å². The molecule has 0 radical (unpaired) electrons. The minimum Gasteiger partial charge on any atom is -0.324 e. The highest BCUT2D eigenvalue weighted by Crippen LogP contribution is 2.38. The van der Waals surface area contributed by atoms with Crippen molar-refractivity contribution in [3.05, 3.63) is 47.1 Å². The number of halogens is 1. The molecule has 0 spiro atoms. The van der Waals surface area contributed by atoms with Crippen molar-refractivity contribution >= 4 is 46.7 Å². The van der Waals surface area contributed by atoms with Gasteiger partial charge in [-0.25, -0.2) is 4.98 Å². The molecular formula is C16H14ClN3O2S. The van der Waals surface area contributed by atoms with Crippen LogP contribution in [-0.2, 0) is 9.59 Å². The fourth-order valence-corrected chi connectivity index (χ4v) is 3.49. The zero-order valence-corrected chi connectivity index (χ0v) is 13.9. The number of thioether (sulfide) groups is 1. The highest BCUT2D eigenvalue weighted by molar-refractivity contribution is 8.01. The number of amides is 2. The third-order valence-electron chi connectivity index (χ3n) is 3.29. The molecule has 0 bridgehead atoms. The molecule has 5 nitrogen and oxygen atoms in total. The minimum absolute atomic E-state index is 0.0776. The second-order valence-electron chi connectivity index (χ2n) is 5.15. The molecule has 118 valence electrons. The summed E-state index contributed by atoms with van der Waals surface area (Å²) in [5.74, 6) is 0.0497. The number of hydrogen-bond donors (Lipinski definition) is 2. The van der Waals surface area contributed by atoms with Gasteiger partial charge in [-0.1, -0.05) is 17.7 Å². The molecule has 3 rings (SSSR count). The van der Waals surface area contributed by atoms with E-state index in [1.165, 1.54) is 11.8 Å². The van der Waals surface area contributed by atoms with Gasteiger partial charge in [-0.05, 0) is 37.3 Å². The molecule has 0 saturated heterocycles. The summed E-state index contributed by atoms with van der Waals surface area (Å²) in [6.07, 6.45) is 0.0776. The van der Waals surface area contributed by atoms with E-state index >= 15 is 0 Å². The average Bonchev–Trinajstić information content (AvgIpc) is 2.48. The molecule has 0 fully saturated rings. The largest absolute Gasteiger partial charge is 0.324 e. The summed E-state index contributed by atoms with van der Waals surface area (Å²) in [5, 5.41) is 5.59. The van der Waals surface area contributed by atoms with E-state index in [2.05, 4.69) is 15.6 Å². The van der Waals surface area contributed by atoms with Crippen molar-refractivity contribution in [3.63, 3.8) is 0 Å². The second-order valence-corrected chi connectivity index (χ2v) is 6.83. The Morgan fingerprint density at radius 2 is 2.22 bits per heavy atom. The van der Waals surface area contributed by atoms with Crippen LogP contribution in [0.1, 0.15) is 12.1 Å². The zero-order chi connectivity index (χ0) is 16.4. The third-order valence-corrected chi connectivity index (χ3v) is 4.80. The normalized spacial score (nSPS) is 16.4. The number of nitrogens with one attached hydrogen (secondary N) is 2. The molecule has 0 saturated carbocycles. The molecule has 23 heavy (non-hydrogen) atoms. The van der Waals surface area contributed by atoms with Gasteiger partial charge in [-0.3, -0.25) is 9.59 Å². The van der Waals surface area contributed by atoms with Gasteiger partial charge in [-0.2, -0.15) is 0 Å². The SMILES string of the molecule is Cc1cccc(NC(=O)CC2Sc3ccc(Cl)cc3NC2=O)n1. The molecule has 0 aliphatic carbocycles. The van der Waals surface area contributed by atoms with Crippen molar-refractivity contribution in [2.24, 2.45) is 0 Å². The number of carbonyl (C=O) groups excluding carboxylic acids is 2. The summed E-state index contributed by atoms with van der Waals surface area (Å²) in [6.45, 7) is 1.85. The third kappa shape index (κ3) is 3.83. The van der Waals surface area contributed by atoms with Crippen molar-refractivity contribution in [2.75, 3.05) is 10.6 Å². The van der Waals surface area contributed by atoms with E-state index < -0.39 is 5.25 Å². The van der Waals surface area contributed by atoms with Crippen LogP contribution in [-0.4, -0.2) is 22.0 Å². The van der Waals surface area contributed by atoms with Crippen molar-refractivity contribution < 1.29 is 9.59 Å². The van der Waals surface area contributed by atoms with Gasteiger partial charge in [0.1, 0.15) is 5.82 Å². The first kappa shape index (κ1) is 15.8. The molecule has 1 aromatic heterocycles. The number of fused-ring (bicyclic) bond motifs is 1. The molecule has 2 heterocycles. The van der Waals surface area contributed by atoms with E-state index in [9.17, 15) is 9.59 Å². The maximum absolute atomic E-state index is 12.1. The molecule has 1 unspecified atom stereocenters. The van der Waals surface area contributed by atoms with Gasteiger partial charge in [0.05, 0.1) is 10.9 Å². The number of anilines is 2. The average molecular weight is 348 g/mol. The Morgan fingerprint density at radius 1 is 1.39 bits per heavy atom. The van der Waals surface area contributed by atoms with Crippen LogP contribution in [0.4, 0.5) is 11.5 Å². The van der Waals surface area contributed by atoms with Gasteiger partial charge >= 0.3 is 0 Å². The quantitative estimate of drug-likeness (QED) is 0.891. The summed E-state index contributed by atoms with van der Waals surface area (Å²) in [6, 6.07) is 10.7. The molecule has 2 aromatic rings. The van der Waals surface area contributed by atoms with Gasteiger partial charge in [-0.15, -0.1) is 11.8 Å². The lowest BCUT2D eigenvalue weighted by atomic mass is 10.2. The maximum atomic E-state index is 12.1. The monoisotopic (exact) mass is 347 g/mol. The first-order chi connectivity index (χ1) is 11.0. The first-order valence-electron chi connectivity index (χ1n) is 7.02. The molecular weight excluding hydrogens is 334 g/mol. The molecule has 7 heteroatoms. The topological polar surface area (TPSA) is 71.1 Å². The van der Waals surface area contributed by atoms with Crippen LogP contribution in [0.3, 0.4) is 0 Å². The molecule has 2 N–H and O–H groups in total. The number of benzene rings is 1. The fourth-order valence-electron chi connectivity index (χ4n) is 2.23. The molecule has 1 aliphatic rings. The van der Waals surface area contributed by atoms with Crippen LogP contribution in [0.15, 0.2) is 41.3 Å². The highest BCUT2D eigenvalue weighted by atomic mass is 35.5.